The molecule has 0 fully saturated rings. The highest BCUT2D eigenvalue weighted by Gasteiger charge is 2.14. The van der Waals surface area contributed by atoms with Crippen LogP contribution in [0.5, 0.6) is 0 Å². The van der Waals surface area contributed by atoms with Gasteiger partial charge in [0, 0.05) is 29.4 Å². The summed E-state index contributed by atoms with van der Waals surface area (Å²) >= 11 is 0. The molecule has 5 heteroatoms. The molecule has 2 aromatic carbocycles. The second-order valence-electron chi connectivity index (χ2n) is 7.69. The molecular weight excluding hydrogens is 322 g/mol. The van der Waals surface area contributed by atoms with Crippen LogP contribution in [0.15, 0.2) is 48.5 Å². The summed E-state index contributed by atoms with van der Waals surface area (Å²) in [4.78, 5) is 3.49. The molecule has 0 unspecified atom stereocenters. The Labute approximate surface area is 153 Å². The third kappa shape index (κ3) is 3.23. The van der Waals surface area contributed by atoms with Crippen molar-refractivity contribution in [2.75, 3.05) is 13.1 Å². The van der Waals surface area contributed by atoms with Crippen LogP contribution in [0, 0.1) is 5.41 Å². The average Bonchev–Trinajstić information content (AvgIpc) is 3.24. The standard InChI is InChI=1S/C21H25N5/c1-21(2,12-22)13-23-11-14-7-8-17-15(9-14)10-19(24-17)20-16-5-3-4-6-18(16)25-26-20/h3-10,23-24H,11-13,22H2,1-2H3,(H,25,26). The maximum absolute atomic E-state index is 5.80. The molecular formula is C21H25N5. The van der Waals surface area contributed by atoms with Gasteiger partial charge in [0.05, 0.1) is 11.2 Å². The van der Waals surface area contributed by atoms with E-state index in [9.17, 15) is 0 Å². The summed E-state index contributed by atoms with van der Waals surface area (Å²) in [7, 11) is 0. The Morgan fingerprint density at radius 2 is 1.92 bits per heavy atom. The number of H-pyrrole nitrogens is 2. The van der Waals surface area contributed by atoms with E-state index in [1.807, 2.05) is 18.2 Å². The molecule has 0 aliphatic rings. The number of aromatic amines is 2. The van der Waals surface area contributed by atoms with Gasteiger partial charge in [-0.2, -0.15) is 5.10 Å². The van der Waals surface area contributed by atoms with Crippen molar-refractivity contribution in [3.05, 3.63) is 54.1 Å². The highest BCUT2D eigenvalue weighted by Crippen LogP contribution is 2.28. The van der Waals surface area contributed by atoms with E-state index in [-0.39, 0.29) is 5.41 Å². The highest BCUT2D eigenvalue weighted by atomic mass is 15.1. The van der Waals surface area contributed by atoms with E-state index in [2.05, 4.69) is 64.7 Å². The topological polar surface area (TPSA) is 82.5 Å². The summed E-state index contributed by atoms with van der Waals surface area (Å²) in [5, 5.41) is 13.4. The van der Waals surface area contributed by atoms with Crippen LogP contribution in [0.3, 0.4) is 0 Å². The zero-order valence-corrected chi connectivity index (χ0v) is 15.3. The van der Waals surface area contributed by atoms with Gasteiger partial charge in [0.25, 0.3) is 0 Å². The molecule has 0 spiro atoms. The molecule has 134 valence electrons. The molecule has 0 bridgehead atoms. The largest absolute Gasteiger partial charge is 0.353 e. The fourth-order valence-electron chi connectivity index (χ4n) is 3.21. The van der Waals surface area contributed by atoms with Gasteiger partial charge in [0.1, 0.15) is 5.69 Å². The number of aromatic nitrogens is 3. The molecule has 5 nitrogen and oxygen atoms in total. The lowest BCUT2D eigenvalue weighted by molar-refractivity contribution is 0.351. The average molecular weight is 347 g/mol. The molecule has 4 aromatic rings. The molecule has 4 rings (SSSR count). The molecule has 2 heterocycles. The molecule has 0 radical (unpaired) electrons. The number of nitrogens with two attached hydrogens (primary N) is 1. The number of para-hydroxylation sites is 1. The number of hydrogen-bond acceptors (Lipinski definition) is 3. The maximum Gasteiger partial charge on any atom is 0.116 e. The Balaban J connectivity index is 1.58. The predicted molar refractivity (Wildman–Crippen MR) is 108 cm³/mol. The van der Waals surface area contributed by atoms with Crippen LogP contribution in [-0.4, -0.2) is 28.3 Å². The van der Waals surface area contributed by atoms with E-state index in [1.54, 1.807) is 0 Å². The molecule has 0 saturated carbocycles. The second kappa shape index (κ2) is 6.59. The smallest absolute Gasteiger partial charge is 0.116 e. The van der Waals surface area contributed by atoms with Crippen LogP contribution in [0.4, 0.5) is 0 Å². The number of hydrogen-bond donors (Lipinski definition) is 4. The summed E-state index contributed by atoms with van der Waals surface area (Å²) in [6, 6.07) is 16.9. The number of rotatable bonds is 6. The Morgan fingerprint density at radius 1 is 1.08 bits per heavy atom. The summed E-state index contributed by atoms with van der Waals surface area (Å²) in [6.07, 6.45) is 0. The van der Waals surface area contributed by atoms with Crippen molar-refractivity contribution in [1.29, 1.82) is 0 Å². The zero-order valence-electron chi connectivity index (χ0n) is 15.3. The third-order valence-electron chi connectivity index (χ3n) is 4.90. The van der Waals surface area contributed by atoms with E-state index in [0.29, 0.717) is 6.54 Å². The van der Waals surface area contributed by atoms with E-state index in [4.69, 9.17) is 5.73 Å². The van der Waals surface area contributed by atoms with Gasteiger partial charge in [-0.25, -0.2) is 0 Å². The van der Waals surface area contributed by atoms with Gasteiger partial charge in [-0.3, -0.25) is 5.10 Å². The minimum atomic E-state index is 0.117. The van der Waals surface area contributed by atoms with E-state index in [0.717, 1.165) is 40.9 Å². The number of benzene rings is 2. The van der Waals surface area contributed by atoms with Crippen LogP contribution in [0.2, 0.25) is 0 Å². The molecule has 2 aromatic heterocycles. The normalized spacial score (nSPS) is 12.3. The molecule has 26 heavy (non-hydrogen) atoms. The zero-order chi connectivity index (χ0) is 18.1. The summed E-state index contributed by atoms with van der Waals surface area (Å²) in [5.41, 5.74) is 11.3. The minimum absolute atomic E-state index is 0.117. The van der Waals surface area contributed by atoms with Crippen molar-refractivity contribution in [1.82, 2.24) is 20.5 Å². The fraction of sp³-hybridized carbons (Fsp3) is 0.286. The van der Waals surface area contributed by atoms with Gasteiger partial charge in [0.15, 0.2) is 0 Å². The second-order valence-corrected chi connectivity index (χ2v) is 7.69. The molecule has 0 amide bonds. The van der Waals surface area contributed by atoms with Gasteiger partial charge in [-0.15, -0.1) is 0 Å². The quantitative estimate of drug-likeness (QED) is 0.428. The van der Waals surface area contributed by atoms with Gasteiger partial charge in [0.2, 0.25) is 0 Å². The Morgan fingerprint density at radius 3 is 2.77 bits per heavy atom. The van der Waals surface area contributed by atoms with Crippen LogP contribution >= 0.6 is 0 Å². The maximum atomic E-state index is 5.80. The molecule has 0 atom stereocenters. The predicted octanol–water partition coefficient (Wildman–Crippen LogP) is 3.79. The van der Waals surface area contributed by atoms with Crippen LogP contribution in [0.25, 0.3) is 33.2 Å². The monoisotopic (exact) mass is 347 g/mol. The number of nitrogens with one attached hydrogen (secondary N) is 3. The minimum Gasteiger partial charge on any atom is -0.353 e. The molecule has 5 N–H and O–H groups in total. The van der Waals surface area contributed by atoms with Crippen molar-refractivity contribution in [3.8, 4) is 11.4 Å². The fourth-order valence-corrected chi connectivity index (χ4v) is 3.21. The van der Waals surface area contributed by atoms with E-state index < -0.39 is 0 Å². The molecule has 0 aliphatic carbocycles. The first kappa shape index (κ1) is 16.8. The Bertz CT molecular complexity index is 1040. The lowest BCUT2D eigenvalue weighted by Crippen LogP contribution is -2.35. The SMILES string of the molecule is CC(C)(CN)CNCc1ccc2[nH]c(-c3n[nH]c4ccccc34)cc2c1. The van der Waals surface area contributed by atoms with Crippen LogP contribution in [-0.2, 0) is 6.54 Å². The van der Waals surface area contributed by atoms with Gasteiger partial charge in [-0.1, -0.05) is 38.1 Å². The Kier molecular flexibility index (Phi) is 4.26. The van der Waals surface area contributed by atoms with E-state index >= 15 is 0 Å². The number of fused-ring (bicyclic) bond motifs is 2. The third-order valence-corrected chi connectivity index (χ3v) is 4.90. The molecule has 0 saturated heterocycles. The van der Waals surface area contributed by atoms with Gasteiger partial charge in [-0.05, 0) is 41.8 Å². The highest BCUT2D eigenvalue weighted by molar-refractivity contribution is 5.95. The van der Waals surface area contributed by atoms with E-state index in [1.165, 1.54) is 10.9 Å². The van der Waals surface area contributed by atoms with Gasteiger partial charge >= 0.3 is 0 Å². The number of nitrogens with zero attached hydrogens (tertiary/aromatic N) is 1. The van der Waals surface area contributed by atoms with Crippen molar-refractivity contribution < 1.29 is 0 Å². The van der Waals surface area contributed by atoms with Gasteiger partial charge < -0.3 is 16.0 Å². The van der Waals surface area contributed by atoms with Crippen molar-refractivity contribution in [2.24, 2.45) is 11.1 Å². The lowest BCUT2D eigenvalue weighted by Gasteiger charge is -2.22. The first-order valence-electron chi connectivity index (χ1n) is 9.02. The summed E-state index contributed by atoms with van der Waals surface area (Å²) < 4.78 is 0. The van der Waals surface area contributed by atoms with Crippen molar-refractivity contribution >= 4 is 21.8 Å². The van der Waals surface area contributed by atoms with Crippen LogP contribution < -0.4 is 11.1 Å². The first-order valence-corrected chi connectivity index (χ1v) is 9.02. The van der Waals surface area contributed by atoms with Crippen molar-refractivity contribution in [2.45, 2.75) is 20.4 Å². The summed E-state index contributed by atoms with van der Waals surface area (Å²) in [6.45, 7) is 6.77. The summed E-state index contributed by atoms with van der Waals surface area (Å²) in [5.74, 6) is 0. The van der Waals surface area contributed by atoms with Crippen molar-refractivity contribution in [3.63, 3.8) is 0 Å². The molecule has 0 aliphatic heterocycles. The first-order chi connectivity index (χ1) is 12.6. The lowest BCUT2D eigenvalue weighted by atomic mass is 9.94. The van der Waals surface area contributed by atoms with Crippen LogP contribution in [0.1, 0.15) is 19.4 Å². The Hall–Kier alpha value is -2.63.